The van der Waals surface area contributed by atoms with E-state index >= 15 is 0 Å². The van der Waals surface area contributed by atoms with E-state index in [1.165, 1.54) is 0 Å². The van der Waals surface area contributed by atoms with Crippen LogP contribution in [0.3, 0.4) is 0 Å². The van der Waals surface area contributed by atoms with Crippen molar-refractivity contribution in [1.29, 1.82) is 0 Å². The molecule has 9 heteroatoms. The molecule has 2 nitrogen and oxygen atoms in total. The molecule has 114 valence electrons. The molecule has 0 aromatic heterocycles. The van der Waals surface area contributed by atoms with Gasteiger partial charge in [-0.1, -0.05) is 6.07 Å². The van der Waals surface area contributed by atoms with Gasteiger partial charge in [-0.3, -0.25) is 4.21 Å². The Kier molecular flexibility index (Phi) is 5.20. The van der Waals surface area contributed by atoms with Gasteiger partial charge >= 0.3 is 12.4 Å². The molecule has 0 heterocycles. The van der Waals surface area contributed by atoms with Crippen LogP contribution in [0.25, 0.3) is 0 Å². The third kappa shape index (κ3) is 4.20. The van der Waals surface area contributed by atoms with Crippen molar-refractivity contribution in [2.45, 2.75) is 28.9 Å². The van der Waals surface area contributed by atoms with Crippen molar-refractivity contribution in [3.05, 3.63) is 29.8 Å². The van der Waals surface area contributed by atoms with Crippen LogP contribution in [0.2, 0.25) is 0 Å². The van der Waals surface area contributed by atoms with Crippen molar-refractivity contribution in [1.82, 2.24) is 0 Å². The predicted octanol–water partition coefficient (Wildman–Crippen LogP) is 3.09. The Hall–Kier alpha value is -1.09. The highest BCUT2D eigenvalue weighted by Crippen LogP contribution is 2.33. The van der Waals surface area contributed by atoms with Gasteiger partial charge in [0.1, 0.15) is 5.25 Å². The van der Waals surface area contributed by atoms with E-state index < -0.39 is 45.3 Å². The molecule has 0 aliphatic carbocycles. The predicted molar refractivity (Wildman–Crippen MR) is 61.4 cm³/mol. The maximum absolute atomic E-state index is 12.7. The van der Waals surface area contributed by atoms with Gasteiger partial charge in [-0.05, 0) is 31.2 Å². The van der Waals surface area contributed by atoms with Crippen molar-refractivity contribution in [3.63, 3.8) is 0 Å². The molecular formula is C11H11F6NOS. The van der Waals surface area contributed by atoms with Gasteiger partial charge in [-0.2, -0.15) is 26.3 Å². The fraction of sp³-hybridized carbons (Fsp3) is 0.455. The van der Waals surface area contributed by atoms with Crippen molar-refractivity contribution in [2.75, 3.05) is 6.54 Å². The highest BCUT2D eigenvalue weighted by Gasteiger charge is 2.44. The molecule has 2 N–H and O–H groups in total. The number of rotatable bonds is 4. The first-order valence-electron chi connectivity index (χ1n) is 5.42. The van der Waals surface area contributed by atoms with Crippen molar-refractivity contribution < 1.29 is 30.6 Å². The normalized spacial score (nSPS) is 15.9. The fourth-order valence-corrected chi connectivity index (χ4v) is 2.88. The lowest BCUT2D eigenvalue weighted by atomic mass is 10.2. The van der Waals surface area contributed by atoms with Crippen LogP contribution in [0.5, 0.6) is 0 Å². The zero-order valence-electron chi connectivity index (χ0n) is 9.96. The third-order valence-electron chi connectivity index (χ3n) is 2.45. The first kappa shape index (κ1) is 17.0. The first-order valence-corrected chi connectivity index (χ1v) is 6.63. The fourth-order valence-electron chi connectivity index (χ4n) is 1.51. The molecule has 0 fully saturated rings. The van der Waals surface area contributed by atoms with Gasteiger partial charge in [-0.25, -0.2) is 0 Å². The number of hydrogen-bond donors (Lipinski definition) is 1. The molecule has 0 radical (unpaired) electrons. The molecule has 0 bridgehead atoms. The Balaban J connectivity index is 3.13. The van der Waals surface area contributed by atoms with Gasteiger partial charge in [-0.15, -0.1) is 0 Å². The molecule has 1 rings (SSSR count). The average molecular weight is 319 g/mol. The molecule has 0 aliphatic rings. The minimum Gasteiger partial charge on any atom is -0.330 e. The molecule has 2 atom stereocenters. The number of halogens is 6. The molecule has 0 aliphatic heterocycles. The summed E-state index contributed by atoms with van der Waals surface area (Å²) in [6.45, 7) is -0.366. The molecule has 20 heavy (non-hydrogen) atoms. The molecular weight excluding hydrogens is 308 g/mol. The number of hydrogen-bond acceptors (Lipinski definition) is 2. The number of alkyl halides is 6. The Morgan fingerprint density at radius 2 is 1.75 bits per heavy atom. The number of benzene rings is 1. The van der Waals surface area contributed by atoms with Crippen molar-refractivity contribution >= 4 is 10.8 Å². The monoisotopic (exact) mass is 319 g/mol. The molecule has 2 unspecified atom stereocenters. The Morgan fingerprint density at radius 3 is 2.20 bits per heavy atom. The topological polar surface area (TPSA) is 43.1 Å². The molecule has 1 aromatic carbocycles. The van der Waals surface area contributed by atoms with Crippen molar-refractivity contribution in [3.8, 4) is 0 Å². The maximum atomic E-state index is 12.7. The first-order chi connectivity index (χ1) is 9.07. The van der Waals surface area contributed by atoms with Crippen molar-refractivity contribution in [2.24, 2.45) is 5.73 Å². The summed E-state index contributed by atoms with van der Waals surface area (Å²) in [5.74, 6) is 0. The lowest BCUT2D eigenvalue weighted by Gasteiger charge is -2.19. The van der Waals surface area contributed by atoms with E-state index in [2.05, 4.69) is 0 Å². The zero-order valence-corrected chi connectivity index (χ0v) is 10.8. The van der Waals surface area contributed by atoms with Crippen LogP contribution in [-0.4, -0.2) is 22.2 Å². The van der Waals surface area contributed by atoms with Crippen LogP contribution in [0, 0.1) is 0 Å². The summed E-state index contributed by atoms with van der Waals surface area (Å²) in [4.78, 5) is -0.518. The van der Waals surface area contributed by atoms with Gasteiger partial charge in [0.2, 0.25) is 0 Å². The molecule has 0 saturated heterocycles. The van der Waals surface area contributed by atoms with Crippen LogP contribution in [0.4, 0.5) is 26.3 Å². The number of nitrogens with two attached hydrogens (primary N) is 1. The van der Waals surface area contributed by atoms with E-state index in [1.54, 1.807) is 0 Å². The smallest absolute Gasteiger partial charge is 0.330 e. The summed E-state index contributed by atoms with van der Waals surface area (Å²) in [6, 6.07) is 3.06. The van der Waals surface area contributed by atoms with Gasteiger partial charge < -0.3 is 5.73 Å². The van der Waals surface area contributed by atoms with E-state index in [0.29, 0.717) is 12.1 Å². The SMILES string of the molecule is NCCC(S(=O)c1cccc(C(F)(F)F)c1)C(F)(F)F. The lowest BCUT2D eigenvalue weighted by molar-refractivity contribution is -0.137. The third-order valence-corrected chi connectivity index (χ3v) is 4.18. The van der Waals surface area contributed by atoms with Crippen LogP contribution in [0.15, 0.2) is 29.2 Å². The minimum atomic E-state index is -4.79. The maximum Gasteiger partial charge on any atom is 0.416 e. The van der Waals surface area contributed by atoms with E-state index in [1.807, 2.05) is 0 Å². The second-order valence-corrected chi connectivity index (χ2v) is 5.57. The molecule has 0 saturated carbocycles. The van der Waals surface area contributed by atoms with Crippen LogP contribution in [0.1, 0.15) is 12.0 Å². The largest absolute Gasteiger partial charge is 0.416 e. The summed E-state index contributed by atoms with van der Waals surface area (Å²) in [7, 11) is -2.64. The zero-order chi connectivity index (χ0) is 15.6. The Morgan fingerprint density at radius 1 is 1.15 bits per heavy atom. The second-order valence-electron chi connectivity index (χ2n) is 3.93. The van der Waals surface area contributed by atoms with Gasteiger partial charge in [0.15, 0.2) is 0 Å². The molecule has 1 aromatic rings. The summed E-state index contributed by atoms with van der Waals surface area (Å²) in [6.07, 6.45) is -10.1. The molecule has 0 spiro atoms. The van der Waals surface area contributed by atoms with Gasteiger partial charge in [0, 0.05) is 4.90 Å². The Bertz CT molecular complexity index is 485. The van der Waals surface area contributed by atoms with Crippen LogP contribution < -0.4 is 5.73 Å². The molecule has 0 amide bonds. The second kappa shape index (κ2) is 6.13. The highest BCUT2D eigenvalue weighted by molar-refractivity contribution is 7.85. The lowest BCUT2D eigenvalue weighted by Crippen LogP contribution is -2.35. The van der Waals surface area contributed by atoms with E-state index in [-0.39, 0.29) is 6.54 Å². The highest BCUT2D eigenvalue weighted by atomic mass is 32.2. The summed E-state index contributed by atoms with van der Waals surface area (Å²) < 4.78 is 87.4. The van der Waals surface area contributed by atoms with Gasteiger partial charge in [0.25, 0.3) is 0 Å². The minimum absolute atomic E-state index is 0.366. The standard InChI is InChI=1S/C11H11F6NOS/c12-10(13,14)7-2-1-3-8(6-7)20(19)9(4-5-18)11(15,16)17/h1-3,6,9H,4-5,18H2. The summed E-state index contributed by atoms with van der Waals surface area (Å²) in [5.41, 5.74) is 3.89. The van der Waals surface area contributed by atoms with Gasteiger partial charge in [0.05, 0.1) is 16.4 Å². The summed E-state index contributed by atoms with van der Waals surface area (Å²) >= 11 is 0. The van der Waals surface area contributed by atoms with Crippen LogP contribution >= 0.6 is 0 Å². The van der Waals surface area contributed by atoms with Crippen LogP contribution in [-0.2, 0) is 17.0 Å². The van der Waals surface area contributed by atoms with E-state index in [0.717, 1.165) is 12.1 Å². The quantitative estimate of drug-likeness (QED) is 0.867. The van der Waals surface area contributed by atoms with E-state index in [4.69, 9.17) is 5.73 Å². The summed E-state index contributed by atoms with van der Waals surface area (Å²) in [5, 5.41) is -2.28. The average Bonchev–Trinajstić information content (AvgIpc) is 2.33. The van der Waals surface area contributed by atoms with E-state index in [9.17, 15) is 30.6 Å². The Labute approximate surface area is 113 Å².